The number of carbonyl (C=O) groups is 3. The summed E-state index contributed by atoms with van der Waals surface area (Å²) in [5, 5.41) is 2.69. The molecule has 1 rings (SSSR count). The Labute approximate surface area is 128 Å². The van der Waals surface area contributed by atoms with Gasteiger partial charge in [-0.05, 0) is 12.1 Å². The molecule has 0 aliphatic rings. The smallest absolute Gasteiger partial charge is 0.257 e. The van der Waals surface area contributed by atoms with E-state index < -0.39 is 0 Å². The van der Waals surface area contributed by atoms with Gasteiger partial charge in [0.05, 0.1) is 0 Å². The predicted molar refractivity (Wildman–Crippen MR) is 80.3 cm³/mol. The molecule has 1 amide bonds. The van der Waals surface area contributed by atoms with E-state index in [4.69, 9.17) is 9.47 Å². The van der Waals surface area contributed by atoms with Crippen LogP contribution in [0.15, 0.2) is 18.2 Å². The Kier molecular flexibility index (Phi) is 7.31. The lowest BCUT2D eigenvalue weighted by molar-refractivity contribution is -0.123. The lowest BCUT2D eigenvalue weighted by atomic mass is 10.2. The number of aldehydes is 2. The molecule has 0 aromatic heterocycles. The van der Waals surface area contributed by atoms with Crippen molar-refractivity contribution in [1.29, 1.82) is 0 Å². The molecule has 114 valence electrons. The molecule has 21 heavy (non-hydrogen) atoms. The van der Waals surface area contributed by atoms with E-state index in [2.05, 4.69) is 17.9 Å². The maximum Gasteiger partial charge on any atom is 0.257 e. The average Bonchev–Trinajstić information content (AvgIpc) is 2.48. The van der Waals surface area contributed by atoms with E-state index in [1.165, 1.54) is 18.2 Å². The molecular formula is C14H17NO5S. The number of thiol groups is 1. The second kappa shape index (κ2) is 9.02. The Morgan fingerprint density at radius 2 is 1.95 bits per heavy atom. The van der Waals surface area contributed by atoms with Crippen LogP contribution in [-0.4, -0.2) is 43.5 Å². The predicted octanol–water partition coefficient (Wildman–Crippen LogP) is 0.890. The number of nitrogens with one attached hydrogen (secondary N) is 1. The summed E-state index contributed by atoms with van der Waals surface area (Å²) >= 11 is 4.14. The molecule has 1 unspecified atom stereocenters. The average molecular weight is 311 g/mol. The van der Waals surface area contributed by atoms with Crippen molar-refractivity contribution in [3.8, 4) is 11.5 Å². The van der Waals surface area contributed by atoms with Crippen LogP contribution in [0.4, 0.5) is 0 Å². The quantitative estimate of drug-likeness (QED) is 0.523. The molecule has 0 radical (unpaired) electrons. The van der Waals surface area contributed by atoms with E-state index in [0.29, 0.717) is 36.2 Å². The SMILES string of the molecule is CC(S)CNC(=O)COc1cc(C=O)cc(OCC=O)c1. The van der Waals surface area contributed by atoms with Crippen LogP contribution < -0.4 is 14.8 Å². The maximum absolute atomic E-state index is 11.5. The van der Waals surface area contributed by atoms with Gasteiger partial charge in [-0.2, -0.15) is 12.6 Å². The number of ether oxygens (including phenoxy) is 2. The third-order valence-electron chi connectivity index (χ3n) is 2.32. The van der Waals surface area contributed by atoms with Crippen molar-refractivity contribution >= 4 is 31.1 Å². The summed E-state index contributed by atoms with van der Waals surface area (Å²) in [7, 11) is 0. The number of hydrogen-bond acceptors (Lipinski definition) is 6. The fourth-order valence-corrected chi connectivity index (χ4v) is 1.51. The van der Waals surface area contributed by atoms with Gasteiger partial charge in [0.25, 0.3) is 5.91 Å². The molecular weight excluding hydrogens is 294 g/mol. The Balaban J connectivity index is 2.62. The summed E-state index contributed by atoms with van der Waals surface area (Å²) in [6.45, 7) is 1.99. The normalized spacial score (nSPS) is 11.3. The Bertz CT molecular complexity index is 504. The summed E-state index contributed by atoms with van der Waals surface area (Å²) in [6, 6.07) is 4.46. The number of benzene rings is 1. The molecule has 1 aromatic rings. The fourth-order valence-electron chi connectivity index (χ4n) is 1.42. The summed E-state index contributed by atoms with van der Waals surface area (Å²) in [5.74, 6) is 0.350. The first-order valence-electron chi connectivity index (χ1n) is 6.29. The molecule has 7 heteroatoms. The lowest BCUT2D eigenvalue weighted by Gasteiger charge is -2.10. The van der Waals surface area contributed by atoms with Gasteiger partial charge in [-0.15, -0.1) is 0 Å². The third kappa shape index (κ3) is 6.80. The van der Waals surface area contributed by atoms with Gasteiger partial charge in [0.15, 0.2) is 12.9 Å². The van der Waals surface area contributed by atoms with Crippen molar-refractivity contribution < 1.29 is 23.9 Å². The summed E-state index contributed by atoms with van der Waals surface area (Å²) in [4.78, 5) is 32.6. The lowest BCUT2D eigenvalue weighted by Crippen LogP contribution is -2.32. The van der Waals surface area contributed by atoms with E-state index in [-0.39, 0.29) is 24.4 Å². The van der Waals surface area contributed by atoms with E-state index in [1.54, 1.807) is 0 Å². The molecule has 0 aliphatic carbocycles. The standard InChI is InChI=1S/C14H17NO5S/c1-10(21)7-15-14(18)9-20-13-5-11(8-17)4-12(6-13)19-3-2-16/h2,4-6,8,10,21H,3,7,9H2,1H3,(H,15,18). The van der Waals surface area contributed by atoms with Crippen LogP contribution in [-0.2, 0) is 9.59 Å². The van der Waals surface area contributed by atoms with E-state index >= 15 is 0 Å². The molecule has 1 N–H and O–H groups in total. The molecule has 0 aliphatic heterocycles. The van der Waals surface area contributed by atoms with E-state index in [1.807, 2.05) is 6.92 Å². The van der Waals surface area contributed by atoms with E-state index in [0.717, 1.165) is 0 Å². The van der Waals surface area contributed by atoms with E-state index in [9.17, 15) is 14.4 Å². The minimum absolute atomic E-state index is 0.0516. The van der Waals surface area contributed by atoms with Crippen LogP contribution in [0.2, 0.25) is 0 Å². The minimum atomic E-state index is -0.289. The second-order valence-electron chi connectivity index (χ2n) is 4.28. The first kappa shape index (κ1) is 17.0. The molecule has 6 nitrogen and oxygen atoms in total. The van der Waals surface area contributed by atoms with Crippen molar-refractivity contribution in [2.45, 2.75) is 12.2 Å². The van der Waals surface area contributed by atoms with Gasteiger partial charge in [-0.25, -0.2) is 0 Å². The molecule has 1 aromatic carbocycles. The number of carbonyl (C=O) groups excluding carboxylic acids is 3. The van der Waals surface area contributed by atoms with Crippen molar-refractivity contribution in [3.63, 3.8) is 0 Å². The van der Waals surface area contributed by atoms with Crippen LogP contribution in [0.25, 0.3) is 0 Å². The van der Waals surface area contributed by atoms with Gasteiger partial charge in [-0.3, -0.25) is 14.4 Å². The molecule has 0 fully saturated rings. The zero-order valence-corrected chi connectivity index (χ0v) is 12.5. The first-order valence-corrected chi connectivity index (χ1v) is 6.81. The molecule has 0 saturated carbocycles. The van der Waals surface area contributed by atoms with Crippen molar-refractivity contribution in [2.75, 3.05) is 19.8 Å². The van der Waals surface area contributed by atoms with Gasteiger partial charge in [0, 0.05) is 23.4 Å². The largest absolute Gasteiger partial charge is 0.486 e. The Hall–Kier alpha value is -2.02. The molecule has 0 bridgehead atoms. The highest BCUT2D eigenvalue weighted by Crippen LogP contribution is 2.22. The Morgan fingerprint density at radius 3 is 2.52 bits per heavy atom. The zero-order chi connectivity index (χ0) is 15.7. The number of rotatable bonds is 9. The molecule has 0 saturated heterocycles. The summed E-state index contributed by atoms with van der Waals surface area (Å²) in [6.07, 6.45) is 1.23. The monoisotopic (exact) mass is 311 g/mol. The van der Waals surface area contributed by atoms with Crippen molar-refractivity contribution in [3.05, 3.63) is 23.8 Å². The van der Waals surface area contributed by atoms with Gasteiger partial charge >= 0.3 is 0 Å². The summed E-state index contributed by atoms with van der Waals surface area (Å²) in [5.41, 5.74) is 0.331. The van der Waals surface area contributed by atoms with Crippen molar-refractivity contribution in [2.24, 2.45) is 0 Å². The molecule has 1 atom stereocenters. The van der Waals surface area contributed by atoms with Crippen LogP contribution >= 0.6 is 12.6 Å². The number of hydrogen-bond donors (Lipinski definition) is 2. The third-order valence-corrected chi connectivity index (χ3v) is 2.50. The maximum atomic E-state index is 11.5. The van der Waals surface area contributed by atoms with Crippen LogP contribution in [0.1, 0.15) is 17.3 Å². The number of amides is 1. The topological polar surface area (TPSA) is 81.7 Å². The highest BCUT2D eigenvalue weighted by Gasteiger charge is 2.07. The molecule has 0 spiro atoms. The second-order valence-corrected chi connectivity index (χ2v) is 5.16. The first-order chi connectivity index (χ1) is 10.0. The van der Waals surface area contributed by atoms with Crippen LogP contribution in [0.5, 0.6) is 11.5 Å². The van der Waals surface area contributed by atoms with Gasteiger partial charge in [0.2, 0.25) is 0 Å². The minimum Gasteiger partial charge on any atom is -0.486 e. The Morgan fingerprint density at radius 1 is 1.29 bits per heavy atom. The van der Waals surface area contributed by atoms with Crippen molar-refractivity contribution in [1.82, 2.24) is 5.32 Å². The fraction of sp³-hybridized carbons (Fsp3) is 0.357. The highest BCUT2D eigenvalue weighted by atomic mass is 32.1. The van der Waals surface area contributed by atoms with Crippen LogP contribution in [0.3, 0.4) is 0 Å². The summed E-state index contributed by atoms with van der Waals surface area (Å²) < 4.78 is 10.4. The highest BCUT2D eigenvalue weighted by molar-refractivity contribution is 7.80. The van der Waals surface area contributed by atoms with Gasteiger partial charge < -0.3 is 14.8 Å². The van der Waals surface area contributed by atoms with Gasteiger partial charge in [-0.1, -0.05) is 6.92 Å². The van der Waals surface area contributed by atoms with Gasteiger partial charge in [0.1, 0.15) is 24.4 Å². The molecule has 0 heterocycles. The zero-order valence-electron chi connectivity index (χ0n) is 11.6. The van der Waals surface area contributed by atoms with Crippen LogP contribution in [0, 0.1) is 0 Å².